The van der Waals surface area contributed by atoms with Crippen molar-refractivity contribution < 1.29 is 9.57 Å². The molecule has 1 aromatic rings. The van der Waals surface area contributed by atoms with Gasteiger partial charge in [0.25, 0.3) is 0 Å². The van der Waals surface area contributed by atoms with Crippen LogP contribution in [-0.4, -0.2) is 31.9 Å². The molecule has 1 fully saturated rings. The monoisotopic (exact) mass is 236 g/mol. The van der Waals surface area contributed by atoms with Crippen LogP contribution in [0.15, 0.2) is 24.3 Å². The van der Waals surface area contributed by atoms with E-state index in [1.54, 1.807) is 7.11 Å². The molecule has 1 heterocycles. The zero-order valence-electron chi connectivity index (χ0n) is 10.3. The first-order valence-corrected chi connectivity index (χ1v) is 6.08. The Balaban J connectivity index is 2.15. The Hall–Kier alpha value is -1.10. The molecule has 4 nitrogen and oxygen atoms in total. The van der Waals surface area contributed by atoms with Gasteiger partial charge in [-0.3, -0.25) is 4.84 Å². The largest absolute Gasteiger partial charge is 0.497 e. The van der Waals surface area contributed by atoms with Crippen molar-refractivity contribution in [2.45, 2.75) is 18.9 Å². The van der Waals surface area contributed by atoms with Gasteiger partial charge >= 0.3 is 0 Å². The molecule has 0 bridgehead atoms. The number of benzene rings is 1. The van der Waals surface area contributed by atoms with Gasteiger partial charge in [-0.25, -0.2) is 0 Å². The number of hydrogen-bond acceptors (Lipinski definition) is 4. The summed E-state index contributed by atoms with van der Waals surface area (Å²) in [5, 5.41) is 2.00. The smallest absolute Gasteiger partial charge is 0.119 e. The predicted octanol–water partition coefficient (Wildman–Crippen LogP) is 1.72. The standard InChI is InChI=1S/C13H20N2O2/c1-16-12-6-4-5-11(9-12)13(10-14)15-7-2-3-8-17-15/h4-6,9,13H,2-3,7-8,10,14H2,1H3. The Labute approximate surface area is 102 Å². The lowest BCUT2D eigenvalue weighted by Gasteiger charge is -2.33. The summed E-state index contributed by atoms with van der Waals surface area (Å²) in [6.07, 6.45) is 2.30. The quantitative estimate of drug-likeness (QED) is 0.864. The van der Waals surface area contributed by atoms with E-state index in [-0.39, 0.29) is 6.04 Å². The molecule has 1 aliphatic rings. The van der Waals surface area contributed by atoms with E-state index >= 15 is 0 Å². The number of nitrogens with two attached hydrogens (primary N) is 1. The van der Waals surface area contributed by atoms with Gasteiger partial charge < -0.3 is 10.5 Å². The number of hydrogen-bond donors (Lipinski definition) is 1. The minimum Gasteiger partial charge on any atom is -0.497 e. The van der Waals surface area contributed by atoms with Crippen LogP contribution >= 0.6 is 0 Å². The summed E-state index contributed by atoms with van der Waals surface area (Å²) in [4.78, 5) is 5.67. The fourth-order valence-corrected chi connectivity index (χ4v) is 2.13. The molecule has 1 aromatic carbocycles. The molecule has 0 aliphatic carbocycles. The van der Waals surface area contributed by atoms with Crippen molar-refractivity contribution in [1.82, 2.24) is 5.06 Å². The fourth-order valence-electron chi connectivity index (χ4n) is 2.13. The second-order valence-corrected chi connectivity index (χ2v) is 4.21. The van der Waals surface area contributed by atoms with Crippen LogP contribution < -0.4 is 10.5 Å². The van der Waals surface area contributed by atoms with E-state index in [2.05, 4.69) is 6.07 Å². The molecule has 2 N–H and O–H groups in total. The first kappa shape index (κ1) is 12.4. The van der Waals surface area contributed by atoms with Crippen molar-refractivity contribution in [3.63, 3.8) is 0 Å². The molecular formula is C13H20N2O2. The zero-order chi connectivity index (χ0) is 12.1. The van der Waals surface area contributed by atoms with Gasteiger partial charge in [0.2, 0.25) is 0 Å². The highest BCUT2D eigenvalue weighted by molar-refractivity contribution is 5.30. The predicted molar refractivity (Wildman–Crippen MR) is 66.7 cm³/mol. The second-order valence-electron chi connectivity index (χ2n) is 4.21. The highest BCUT2D eigenvalue weighted by atomic mass is 16.7. The number of nitrogens with zero attached hydrogens (tertiary/aromatic N) is 1. The SMILES string of the molecule is COc1cccc(C(CN)N2CCCCO2)c1. The van der Waals surface area contributed by atoms with E-state index in [0.717, 1.165) is 30.9 Å². The molecule has 17 heavy (non-hydrogen) atoms. The van der Waals surface area contributed by atoms with Gasteiger partial charge in [-0.1, -0.05) is 12.1 Å². The van der Waals surface area contributed by atoms with Crippen LogP contribution in [0.2, 0.25) is 0 Å². The lowest BCUT2D eigenvalue weighted by molar-refractivity contribution is -0.206. The first-order valence-electron chi connectivity index (χ1n) is 6.08. The lowest BCUT2D eigenvalue weighted by Crippen LogP contribution is -2.37. The Kier molecular flexibility index (Phi) is 4.36. The number of methoxy groups -OCH3 is 1. The molecule has 1 atom stereocenters. The minimum absolute atomic E-state index is 0.116. The summed E-state index contributed by atoms with van der Waals surface area (Å²) in [7, 11) is 1.67. The summed E-state index contributed by atoms with van der Waals surface area (Å²) in [6.45, 7) is 2.28. The molecule has 0 saturated carbocycles. The summed E-state index contributed by atoms with van der Waals surface area (Å²) in [5.41, 5.74) is 7.01. The fraction of sp³-hybridized carbons (Fsp3) is 0.538. The van der Waals surface area contributed by atoms with Crippen LogP contribution in [0, 0.1) is 0 Å². The Morgan fingerprint density at radius 1 is 1.47 bits per heavy atom. The topological polar surface area (TPSA) is 47.7 Å². The van der Waals surface area contributed by atoms with Crippen molar-refractivity contribution in [3.05, 3.63) is 29.8 Å². The number of hydroxylamine groups is 2. The van der Waals surface area contributed by atoms with Crippen LogP contribution in [0.3, 0.4) is 0 Å². The highest BCUT2D eigenvalue weighted by Crippen LogP contribution is 2.25. The van der Waals surface area contributed by atoms with E-state index in [0.29, 0.717) is 6.54 Å². The lowest BCUT2D eigenvalue weighted by atomic mass is 10.1. The third-order valence-electron chi connectivity index (χ3n) is 3.08. The van der Waals surface area contributed by atoms with Crippen LogP contribution in [0.5, 0.6) is 5.75 Å². The molecular weight excluding hydrogens is 216 g/mol. The van der Waals surface area contributed by atoms with E-state index in [4.69, 9.17) is 15.3 Å². The zero-order valence-corrected chi connectivity index (χ0v) is 10.3. The normalized spacial score (nSPS) is 18.9. The highest BCUT2D eigenvalue weighted by Gasteiger charge is 2.22. The van der Waals surface area contributed by atoms with Crippen molar-refractivity contribution in [2.24, 2.45) is 5.73 Å². The first-order chi connectivity index (χ1) is 8.35. The Bertz CT molecular complexity index is 351. The number of ether oxygens (including phenoxy) is 1. The Morgan fingerprint density at radius 2 is 2.35 bits per heavy atom. The molecule has 94 valence electrons. The summed E-state index contributed by atoms with van der Waals surface area (Å²) >= 11 is 0. The second kappa shape index (κ2) is 6.00. The average molecular weight is 236 g/mol. The average Bonchev–Trinajstić information content (AvgIpc) is 2.41. The van der Waals surface area contributed by atoms with Crippen LogP contribution in [-0.2, 0) is 4.84 Å². The van der Waals surface area contributed by atoms with Gasteiger partial charge in [0, 0.05) is 13.1 Å². The van der Waals surface area contributed by atoms with E-state index in [1.165, 1.54) is 6.42 Å². The van der Waals surface area contributed by atoms with Gasteiger partial charge in [-0.05, 0) is 30.5 Å². The maximum Gasteiger partial charge on any atom is 0.119 e. The summed E-state index contributed by atoms with van der Waals surface area (Å²) in [5.74, 6) is 0.859. The molecule has 0 spiro atoms. The third-order valence-corrected chi connectivity index (χ3v) is 3.08. The maximum absolute atomic E-state index is 5.86. The molecule has 2 rings (SSSR count). The minimum atomic E-state index is 0.116. The van der Waals surface area contributed by atoms with Crippen LogP contribution in [0.25, 0.3) is 0 Å². The van der Waals surface area contributed by atoms with Gasteiger partial charge in [0.1, 0.15) is 5.75 Å². The molecule has 0 aromatic heterocycles. The van der Waals surface area contributed by atoms with Crippen molar-refractivity contribution in [3.8, 4) is 5.75 Å². The van der Waals surface area contributed by atoms with Crippen molar-refractivity contribution >= 4 is 0 Å². The van der Waals surface area contributed by atoms with Gasteiger partial charge in [-0.2, -0.15) is 5.06 Å². The van der Waals surface area contributed by atoms with Crippen molar-refractivity contribution in [1.29, 1.82) is 0 Å². The van der Waals surface area contributed by atoms with Crippen molar-refractivity contribution in [2.75, 3.05) is 26.8 Å². The summed E-state index contributed by atoms with van der Waals surface area (Å²) < 4.78 is 5.24. The van der Waals surface area contributed by atoms with E-state index in [1.807, 2.05) is 23.3 Å². The van der Waals surface area contributed by atoms with Gasteiger partial charge in [0.15, 0.2) is 0 Å². The van der Waals surface area contributed by atoms with Crippen LogP contribution in [0.4, 0.5) is 0 Å². The molecule has 4 heteroatoms. The number of rotatable bonds is 4. The van der Waals surface area contributed by atoms with E-state index < -0.39 is 0 Å². The van der Waals surface area contributed by atoms with E-state index in [9.17, 15) is 0 Å². The maximum atomic E-state index is 5.86. The molecule has 0 radical (unpaired) electrons. The molecule has 1 unspecified atom stereocenters. The third kappa shape index (κ3) is 2.97. The molecule has 1 aliphatic heterocycles. The van der Waals surface area contributed by atoms with Crippen LogP contribution in [0.1, 0.15) is 24.4 Å². The summed E-state index contributed by atoms with van der Waals surface area (Å²) in [6, 6.07) is 8.13. The van der Waals surface area contributed by atoms with Gasteiger partial charge in [0.05, 0.1) is 19.8 Å². The Morgan fingerprint density at radius 3 is 3.00 bits per heavy atom. The molecule has 1 saturated heterocycles. The van der Waals surface area contributed by atoms with Gasteiger partial charge in [-0.15, -0.1) is 0 Å². The molecule has 0 amide bonds.